The van der Waals surface area contributed by atoms with Gasteiger partial charge in [0.1, 0.15) is 0 Å². The number of halogens is 3. The van der Waals surface area contributed by atoms with E-state index in [2.05, 4.69) is 14.3 Å². The fourth-order valence-corrected chi connectivity index (χ4v) is 2.31. The van der Waals surface area contributed by atoms with E-state index in [9.17, 15) is 21.6 Å². The molecule has 7 nitrogen and oxygen atoms in total. The van der Waals surface area contributed by atoms with Gasteiger partial charge in [0.15, 0.2) is 0 Å². The molecule has 0 aliphatic carbocycles. The maximum Gasteiger partial charge on any atom is 0.534 e. The van der Waals surface area contributed by atoms with E-state index in [-0.39, 0.29) is 0 Å². The van der Waals surface area contributed by atoms with Crippen LogP contribution in [0.3, 0.4) is 0 Å². The zero-order chi connectivity index (χ0) is 16.8. The van der Waals surface area contributed by atoms with Crippen LogP contribution in [-0.4, -0.2) is 33.1 Å². The van der Waals surface area contributed by atoms with Crippen LogP contribution in [0.1, 0.15) is 0 Å². The third-order valence-corrected chi connectivity index (χ3v) is 3.91. The van der Waals surface area contributed by atoms with Gasteiger partial charge in [-0.2, -0.15) is 26.6 Å². The highest BCUT2D eigenvalue weighted by atomic mass is 32.2. The Morgan fingerprint density at radius 2 is 1.96 bits per heavy atom. The molecule has 11 heteroatoms. The van der Waals surface area contributed by atoms with Gasteiger partial charge in [-0.05, 0) is 18.2 Å². The summed E-state index contributed by atoms with van der Waals surface area (Å²) in [5, 5.41) is 3.71. The first-order chi connectivity index (χ1) is 10.7. The van der Waals surface area contributed by atoms with Crippen LogP contribution < -0.4 is 4.18 Å². The Morgan fingerprint density at radius 3 is 2.57 bits per heavy atom. The summed E-state index contributed by atoms with van der Waals surface area (Å²) in [6.07, 6.45) is 4.72. The Kier molecular flexibility index (Phi) is 3.32. The summed E-state index contributed by atoms with van der Waals surface area (Å²) < 4.78 is 66.0. The third kappa shape index (κ3) is 2.74. The van der Waals surface area contributed by atoms with Crippen molar-refractivity contribution in [3.63, 3.8) is 0 Å². The Hall–Kier alpha value is -2.56. The predicted molar refractivity (Wildman–Crippen MR) is 73.0 cm³/mol. The van der Waals surface area contributed by atoms with E-state index in [1.165, 1.54) is 10.7 Å². The van der Waals surface area contributed by atoms with Gasteiger partial charge in [-0.25, -0.2) is 4.52 Å². The van der Waals surface area contributed by atoms with Crippen LogP contribution in [0, 0.1) is 0 Å². The van der Waals surface area contributed by atoms with Gasteiger partial charge in [-0.3, -0.25) is 0 Å². The highest BCUT2D eigenvalue weighted by Gasteiger charge is 2.49. The Morgan fingerprint density at radius 1 is 1.22 bits per heavy atom. The molecule has 0 aliphatic heterocycles. The van der Waals surface area contributed by atoms with Gasteiger partial charge in [0, 0.05) is 25.0 Å². The number of alkyl halides is 3. The lowest BCUT2D eigenvalue weighted by Gasteiger charge is -2.08. The van der Waals surface area contributed by atoms with Crippen LogP contribution in [0.5, 0.6) is 6.01 Å². The van der Waals surface area contributed by atoms with Crippen LogP contribution >= 0.6 is 0 Å². The van der Waals surface area contributed by atoms with Crippen molar-refractivity contribution < 1.29 is 25.8 Å². The molecule has 3 rings (SSSR count). The molecule has 0 atom stereocenters. The molecule has 0 unspecified atom stereocenters. The van der Waals surface area contributed by atoms with Crippen LogP contribution in [-0.2, 0) is 17.2 Å². The van der Waals surface area contributed by atoms with Gasteiger partial charge in [0.25, 0.3) is 0 Å². The van der Waals surface area contributed by atoms with E-state index in [0.29, 0.717) is 11.2 Å². The standard InChI is InChI=1S/C12H9F3N4O3S/c1-18-5-4-8(7-18)10-3-2-9-6-16-11(17-19(9)10)22-23(20,21)12(13,14)15/h2-7H,1H3. The monoisotopic (exact) mass is 346 g/mol. The van der Waals surface area contributed by atoms with E-state index in [4.69, 9.17) is 0 Å². The molecule has 23 heavy (non-hydrogen) atoms. The van der Waals surface area contributed by atoms with Gasteiger partial charge in [-0.1, -0.05) is 0 Å². The average Bonchev–Trinajstić information content (AvgIpc) is 3.02. The van der Waals surface area contributed by atoms with Crippen molar-refractivity contribution in [1.82, 2.24) is 19.2 Å². The number of aryl methyl sites for hydroxylation is 1. The minimum absolute atomic E-state index is 0.473. The van der Waals surface area contributed by atoms with Crippen LogP contribution in [0.25, 0.3) is 16.8 Å². The Labute approximate surface area is 128 Å². The lowest BCUT2D eigenvalue weighted by atomic mass is 10.2. The summed E-state index contributed by atoms with van der Waals surface area (Å²) in [6.45, 7) is 0. The van der Waals surface area contributed by atoms with Crippen molar-refractivity contribution in [3.8, 4) is 17.3 Å². The van der Waals surface area contributed by atoms with Crippen molar-refractivity contribution in [2.45, 2.75) is 5.51 Å². The zero-order valence-electron chi connectivity index (χ0n) is 11.5. The summed E-state index contributed by atoms with van der Waals surface area (Å²) in [5.74, 6) is 0. The molecule has 0 spiro atoms. The molecule has 0 fully saturated rings. The first kappa shape index (κ1) is 15.3. The minimum atomic E-state index is -5.82. The summed E-state index contributed by atoms with van der Waals surface area (Å²) in [5.41, 5.74) is -3.78. The fourth-order valence-electron chi connectivity index (χ4n) is 1.94. The van der Waals surface area contributed by atoms with Crippen molar-refractivity contribution in [2.75, 3.05) is 0 Å². The Bertz CT molecular complexity index is 975. The van der Waals surface area contributed by atoms with E-state index in [1.807, 2.05) is 0 Å². The number of aromatic nitrogens is 4. The smallest absolute Gasteiger partial charge is 0.357 e. The van der Waals surface area contributed by atoms with Gasteiger partial charge >= 0.3 is 21.6 Å². The second-order valence-corrected chi connectivity index (χ2v) is 6.18. The van der Waals surface area contributed by atoms with Crippen molar-refractivity contribution in [1.29, 1.82) is 0 Å². The minimum Gasteiger partial charge on any atom is -0.357 e. The van der Waals surface area contributed by atoms with Crippen LogP contribution in [0.4, 0.5) is 13.2 Å². The molecule has 0 bridgehead atoms. The van der Waals surface area contributed by atoms with E-state index < -0.39 is 21.6 Å². The van der Waals surface area contributed by atoms with Crippen LogP contribution in [0.2, 0.25) is 0 Å². The molecule has 3 heterocycles. The van der Waals surface area contributed by atoms with Gasteiger partial charge in [-0.15, -0.1) is 5.10 Å². The van der Waals surface area contributed by atoms with E-state index in [0.717, 1.165) is 5.56 Å². The molecule has 0 saturated heterocycles. The van der Waals surface area contributed by atoms with Gasteiger partial charge in [0.2, 0.25) is 0 Å². The highest BCUT2D eigenvalue weighted by Crippen LogP contribution is 2.26. The molecule has 3 aromatic heterocycles. The van der Waals surface area contributed by atoms with Crippen molar-refractivity contribution >= 4 is 15.6 Å². The number of fused-ring (bicyclic) bond motifs is 1. The quantitative estimate of drug-likeness (QED) is 0.535. The number of hydrogen-bond acceptors (Lipinski definition) is 5. The summed E-state index contributed by atoms with van der Waals surface area (Å²) in [7, 11) is -4.01. The third-order valence-electron chi connectivity index (χ3n) is 2.97. The highest BCUT2D eigenvalue weighted by molar-refractivity contribution is 7.87. The molecule has 0 radical (unpaired) electrons. The lowest BCUT2D eigenvalue weighted by Crippen LogP contribution is -2.28. The topological polar surface area (TPSA) is 78.5 Å². The molecule has 0 amide bonds. The van der Waals surface area contributed by atoms with E-state index >= 15 is 0 Å². The summed E-state index contributed by atoms with van der Waals surface area (Å²) >= 11 is 0. The maximum atomic E-state index is 12.3. The second-order valence-electron chi connectivity index (χ2n) is 4.64. The largest absolute Gasteiger partial charge is 0.534 e. The van der Waals surface area contributed by atoms with E-state index in [1.54, 1.807) is 42.2 Å². The zero-order valence-corrected chi connectivity index (χ0v) is 12.3. The molecule has 3 aromatic rings. The number of rotatable bonds is 3. The fraction of sp³-hybridized carbons (Fsp3) is 0.167. The first-order valence-corrected chi connectivity index (χ1v) is 7.56. The summed E-state index contributed by atoms with van der Waals surface area (Å²) in [4.78, 5) is 3.48. The van der Waals surface area contributed by atoms with Gasteiger partial charge < -0.3 is 8.75 Å². The van der Waals surface area contributed by atoms with Crippen LogP contribution in [0.15, 0.2) is 36.8 Å². The lowest BCUT2D eigenvalue weighted by molar-refractivity contribution is -0.0503. The summed E-state index contributed by atoms with van der Waals surface area (Å²) in [6, 6.07) is 4.19. The average molecular weight is 346 g/mol. The molecule has 0 saturated carbocycles. The normalized spacial score (nSPS) is 12.7. The molecule has 0 aliphatic rings. The molecule has 122 valence electrons. The van der Waals surface area contributed by atoms with Crippen molar-refractivity contribution in [3.05, 3.63) is 36.8 Å². The molecule has 0 aromatic carbocycles. The molecule has 0 N–H and O–H groups in total. The van der Waals surface area contributed by atoms with Crippen molar-refractivity contribution in [2.24, 2.45) is 7.05 Å². The van der Waals surface area contributed by atoms with Gasteiger partial charge in [0.05, 0.1) is 17.4 Å². The maximum absolute atomic E-state index is 12.3. The number of nitrogens with zero attached hydrogens (tertiary/aromatic N) is 4. The molecular formula is C12H9F3N4O3S. The first-order valence-electron chi connectivity index (χ1n) is 6.15. The Balaban J connectivity index is 2.05. The number of hydrogen-bond donors (Lipinski definition) is 0. The SMILES string of the molecule is Cn1ccc(-c2ccc3cnc(OS(=O)(=O)C(F)(F)F)nn23)c1. The predicted octanol–water partition coefficient (Wildman–Crippen LogP) is 1.96. The second kappa shape index (κ2) is 4.98. The molecular weight excluding hydrogens is 337 g/mol.